The Morgan fingerprint density at radius 2 is 1.77 bits per heavy atom. The Bertz CT molecular complexity index is 1800. The number of hydrogen-bond donors (Lipinski definition) is 2. The normalized spacial score (nSPS) is 10.9. The predicted octanol–water partition coefficient (Wildman–Crippen LogP) is 4.42. The number of carbonyl (C=O) groups excluding carboxylic acids is 1. The van der Waals surface area contributed by atoms with E-state index in [1.54, 1.807) is 31.2 Å². The first-order valence-corrected chi connectivity index (χ1v) is 12.1. The second-order valence-corrected chi connectivity index (χ2v) is 9.08. The summed E-state index contributed by atoms with van der Waals surface area (Å²) >= 11 is 0. The number of nitrogen functional groups attached to an aromatic ring is 1. The van der Waals surface area contributed by atoms with Gasteiger partial charge in [-0.1, -0.05) is 18.2 Å². The van der Waals surface area contributed by atoms with E-state index >= 15 is 4.39 Å². The number of hydrogen-bond acceptors (Lipinski definition) is 7. The molecule has 3 heterocycles. The molecule has 0 aliphatic heterocycles. The average molecular weight is 529 g/mol. The van der Waals surface area contributed by atoms with Gasteiger partial charge in [0.2, 0.25) is 5.91 Å². The van der Waals surface area contributed by atoms with Crippen LogP contribution in [0.25, 0.3) is 33.4 Å². The Balaban J connectivity index is 1.58. The summed E-state index contributed by atoms with van der Waals surface area (Å²) in [7, 11) is 12.9. The van der Waals surface area contributed by atoms with Gasteiger partial charge in [0, 0.05) is 30.2 Å². The molecule has 2 aromatic carbocycles. The van der Waals surface area contributed by atoms with E-state index in [-0.39, 0.29) is 28.5 Å². The van der Waals surface area contributed by atoms with E-state index in [0.717, 1.165) is 11.3 Å². The van der Waals surface area contributed by atoms with Crippen molar-refractivity contribution in [2.24, 2.45) is 7.05 Å². The lowest BCUT2D eigenvalue weighted by Gasteiger charge is -2.12. The van der Waals surface area contributed by atoms with Gasteiger partial charge in [-0.25, -0.2) is 24.3 Å². The van der Waals surface area contributed by atoms with E-state index in [1.165, 1.54) is 31.6 Å². The van der Waals surface area contributed by atoms with Crippen LogP contribution < -0.4 is 15.8 Å². The quantitative estimate of drug-likeness (QED) is 0.247. The summed E-state index contributed by atoms with van der Waals surface area (Å²) in [6, 6.07) is 13.5. The van der Waals surface area contributed by atoms with Crippen molar-refractivity contribution in [1.82, 2.24) is 24.5 Å². The third-order valence-electron chi connectivity index (χ3n) is 6.38. The van der Waals surface area contributed by atoms with Crippen molar-refractivity contribution in [2.45, 2.75) is 13.8 Å². The van der Waals surface area contributed by atoms with Crippen LogP contribution in [0.15, 0.2) is 72.0 Å². The summed E-state index contributed by atoms with van der Waals surface area (Å²) < 4.78 is 22.8. The zero-order valence-electron chi connectivity index (χ0n) is 21.9. The molecule has 0 aliphatic carbocycles. The van der Waals surface area contributed by atoms with Crippen molar-refractivity contribution in [3.8, 4) is 34.1 Å². The number of halogens is 1. The summed E-state index contributed by atoms with van der Waals surface area (Å²) in [4.78, 5) is 29.1. The summed E-state index contributed by atoms with van der Waals surface area (Å²) in [5, 5.41) is 3.28. The smallest absolute Gasteiger partial charge is 0.322 e. The topological polar surface area (TPSA) is 121 Å². The Hall–Kier alpha value is -4.99. The number of benzene rings is 2. The average Bonchev–Trinajstić information content (AvgIpc) is 3.23. The Morgan fingerprint density at radius 1 is 1.05 bits per heavy atom. The van der Waals surface area contributed by atoms with Gasteiger partial charge < -0.3 is 20.4 Å². The Labute approximate surface area is 232 Å². The molecule has 0 bridgehead atoms. The molecular formula is C28H22B2FN7O2. The molecular weight excluding hydrogens is 507 g/mol. The van der Waals surface area contributed by atoms with Crippen molar-refractivity contribution in [3.05, 3.63) is 83.5 Å². The van der Waals surface area contributed by atoms with Crippen LogP contribution in [0, 0.1) is 12.7 Å². The third-order valence-corrected chi connectivity index (χ3v) is 6.38. The lowest BCUT2D eigenvalue weighted by Crippen LogP contribution is -2.14. The minimum Gasteiger partial charge on any atom is -0.421 e. The van der Waals surface area contributed by atoms with Gasteiger partial charge in [0.05, 0.1) is 26.8 Å². The molecule has 0 fully saturated rings. The number of aromatic nitrogens is 5. The second kappa shape index (κ2) is 10.6. The monoisotopic (exact) mass is 529 g/mol. The summed E-state index contributed by atoms with van der Waals surface area (Å²) in [6.07, 6.45) is 2.92. The molecule has 1 amide bonds. The van der Waals surface area contributed by atoms with E-state index in [9.17, 15) is 4.79 Å². The van der Waals surface area contributed by atoms with Gasteiger partial charge in [-0.05, 0) is 60.9 Å². The molecule has 0 unspecified atom stereocenters. The molecule has 3 aromatic heterocycles. The van der Waals surface area contributed by atoms with E-state index in [1.807, 2.05) is 23.7 Å². The van der Waals surface area contributed by atoms with Crippen LogP contribution in [0.3, 0.4) is 0 Å². The number of amides is 1. The molecule has 0 saturated carbocycles. The van der Waals surface area contributed by atoms with Gasteiger partial charge >= 0.3 is 6.01 Å². The summed E-state index contributed by atoms with van der Waals surface area (Å²) in [6.45, 7) is 3.33. The number of rotatable bonds is 6. The van der Waals surface area contributed by atoms with Gasteiger partial charge in [-0.2, -0.15) is 5.37 Å². The number of nitrogens with one attached hydrogen (secondary N) is 1. The van der Waals surface area contributed by atoms with Crippen molar-refractivity contribution in [1.29, 1.82) is 0 Å². The van der Waals surface area contributed by atoms with Crippen LogP contribution in [0.5, 0.6) is 11.8 Å². The van der Waals surface area contributed by atoms with Crippen LogP contribution in [-0.2, 0) is 11.8 Å². The van der Waals surface area contributed by atoms with Crippen LogP contribution in [0.2, 0.25) is 0 Å². The molecule has 40 heavy (non-hydrogen) atoms. The Morgan fingerprint density at radius 3 is 2.45 bits per heavy atom. The Kier molecular flexibility index (Phi) is 7.08. The largest absolute Gasteiger partial charge is 0.421 e. The molecule has 0 atom stereocenters. The van der Waals surface area contributed by atoms with Crippen molar-refractivity contribution in [3.63, 3.8) is 0 Å². The standard InChI is InChI=1S/C28H22B2FN7O2/c1-14-10-11-33-28(36-14)40-20-9-6-17(12-19(20)31)21-22-25(32)34-13-35-26(22)38(3)23(21)16-4-7-18(8-5-16)37-27(39)15(2)24(29)30/h4-13H,1-3H3,(H,37,39)(H2,32,34,35). The highest BCUT2D eigenvalue weighted by molar-refractivity contribution is 6.50. The summed E-state index contributed by atoms with van der Waals surface area (Å²) in [5.74, 6) is -0.791. The van der Waals surface area contributed by atoms with Gasteiger partial charge in [0.25, 0.3) is 0 Å². The first-order valence-electron chi connectivity index (χ1n) is 12.1. The second-order valence-electron chi connectivity index (χ2n) is 9.08. The van der Waals surface area contributed by atoms with E-state index in [4.69, 9.17) is 26.2 Å². The molecule has 4 radical (unpaired) electrons. The number of nitrogens with zero attached hydrogens (tertiary/aromatic N) is 5. The van der Waals surface area contributed by atoms with Crippen LogP contribution in [0.4, 0.5) is 15.9 Å². The first kappa shape index (κ1) is 26.6. The van der Waals surface area contributed by atoms with Gasteiger partial charge in [0.15, 0.2) is 11.6 Å². The number of fused-ring (bicyclic) bond motifs is 1. The molecule has 0 spiro atoms. The zero-order valence-corrected chi connectivity index (χ0v) is 21.9. The van der Waals surface area contributed by atoms with E-state index in [0.29, 0.717) is 33.5 Å². The molecule has 0 aliphatic rings. The third kappa shape index (κ3) is 5.03. The molecule has 5 aromatic rings. The van der Waals surface area contributed by atoms with E-state index < -0.39 is 11.7 Å². The maximum Gasteiger partial charge on any atom is 0.322 e. The van der Waals surface area contributed by atoms with Crippen molar-refractivity contribution in [2.75, 3.05) is 11.1 Å². The molecule has 0 saturated heterocycles. The lowest BCUT2D eigenvalue weighted by molar-refractivity contribution is -0.112. The highest BCUT2D eigenvalue weighted by atomic mass is 19.1. The number of ether oxygens (including phenoxy) is 1. The SMILES string of the molecule is [B]C([B])=C(C)C(=O)Nc1ccc(-c2c(-c3ccc(Oc4nccc(C)n4)c(F)c3)c3c(N)ncnc3n2C)cc1. The van der Waals surface area contributed by atoms with Gasteiger partial charge in [0.1, 0.15) is 17.8 Å². The molecule has 5 rings (SSSR count). The fourth-order valence-corrected chi connectivity index (χ4v) is 4.27. The number of aryl methyl sites for hydroxylation is 2. The minimum absolute atomic E-state index is 0.0251. The fraction of sp³-hybridized carbons (Fsp3) is 0.107. The van der Waals surface area contributed by atoms with Crippen molar-refractivity contribution < 1.29 is 13.9 Å². The first-order chi connectivity index (χ1) is 19.1. The molecule has 9 nitrogen and oxygen atoms in total. The number of carbonyl (C=O) groups is 1. The number of anilines is 2. The zero-order chi connectivity index (χ0) is 28.6. The lowest BCUT2D eigenvalue weighted by atomic mass is 9.75. The van der Waals surface area contributed by atoms with Gasteiger partial charge in [-0.3, -0.25) is 4.79 Å². The van der Waals surface area contributed by atoms with Crippen molar-refractivity contribution >= 4 is 44.1 Å². The van der Waals surface area contributed by atoms with Crippen LogP contribution in [-0.4, -0.2) is 46.1 Å². The van der Waals surface area contributed by atoms with E-state index in [2.05, 4.69) is 25.3 Å². The molecule has 12 heteroatoms. The molecule has 194 valence electrons. The summed E-state index contributed by atoms with van der Waals surface area (Å²) in [5.41, 5.74) is 11.0. The molecule has 3 N–H and O–H groups in total. The highest BCUT2D eigenvalue weighted by Gasteiger charge is 2.23. The number of nitrogens with two attached hydrogens (primary N) is 1. The predicted molar refractivity (Wildman–Crippen MR) is 153 cm³/mol. The van der Waals surface area contributed by atoms with Crippen LogP contribution >= 0.6 is 0 Å². The highest BCUT2D eigenvalue weighted by Crippen LogP contribution is 2.42. The van der Waals surface area contributed by atoms with Gasteiger partial charge in [-0.15, -0.1) is 0 Å². The minimum atomic E-state index is -0.610. The maximum atomic E-state index is 15.3. The fourth-order valence-electron chi connectivity index (χ4n) is 4.27. The van der Waals surface area contributed by atoms with Crippen LogP contribution in [0.1, 0.15) is 12.6 Å². The maximum absolute atomic E-state index is 15.3.